The van der Waals surface area contributed by atoms with Gasteiger partial charge in [-0.2, -0.15) is 5.10 Å². The zero-order valence-electron chi connectivity index (χ0n) is 14.8. The van der Waals surface area contributed by atoms with Gasteiger partial charge in [-0.1, -0.05) is 0 Å². The van der Waals surface area contributed by atoms with E-state index < -0.39 is 5.60 Å². The van der Waals surface area contributed by atoms with Crippen molar-refractivity contribution in [2.24, 2.45) is 17.8 Å². The highest BCUT2D eigenvalue weighted by molar-refractivity contribution is 5.76. The summed E-state index contributed by atoms with van der Waals surface area (Å²) in [5.41, 5.74) is 0.410. The van der Waals surface area contributed by atoms with Crippen LogP contribution in [-0.4, -0.2) is 39.5 Å². The summed E-state index contributed by atoms with van der Waals surface area (Å²) in [6, 6.07) is 3.91. The predicted octanol–water partition coefficient (Wildman–Crippen LogP) is 2.00. The summed E-state index contributed by atoms with van der Waals surface area (Å²) in [6.45, 7) is 2.34. The average molecular weight is 345 g/mol. The minimum Gasteiger partial charge on any atom is -0.477 e. The highest BCUT2D eigenvalue weighted by atomic mass is 16.5. The Bertz CT molecular complexity index is 617. The summed E-state index contributed by atoms with van der Waals surface area (Å²) in [5, 5.41) is 21.8. The first-order valence-corrected chi connectivity index (χ1v) is 9.46. The number of hydrogen-bond donors (Lipinski definition) is 2. The number of amides is 1. The van der Waals surface area contributed by atoms with Crippen LogP contribution in [0.1, 0.15) is 50.6 Å². The summed E-state index contributed by atoms with van der Waals surface area (Å²) in [5.74, 6) is 2.18. The van der Waals surface area contributed by atoms with Gasteiger partial charge >= 0.3 is 0 Å². The lowest BCUT2D eigenvalue weighted by atomic mass is 9.52. The molecule has 136 valence electrons. The molecule has 5 rings (SSSR count). The molecule has 0 aromatic carbocycles. The summed E-state index contributed by atoms with van der Waals surface area (Å²) in [6.07, 6.45) is 6.15. The van der Waals surface area contributed by atoms with Crippen molar-refractivity contribution in [1.82, 2.24) is 15.5 Å². The summed E-state index contributed by atoms with van der Waals surface area (Å²) >= 11 is 0. The molecule has 0 radical (unpaired) electrons. The van der Waals surface area contributed by atoms with Gasteiger partial charge in [0.15, 0.2) is 0 Å². The fourth-order valence-electron chi connectivity index (χ4n) is 5.35. The third-order valence-corrected chi connectivity index (χ3v) is 6.14. The Morgan fingerprint density at radius 3 is 2.68 bits per heavy atom. The van der Waals surface area contributed by atoms with Crippen molar-refractivity contribution >= 4 is 5.91 Å². The minimum atomic E-state index is -0.444. The maximum absolute atomic E-state index is 12.3. The van der Waals surface area contributed by atoms with Crippen LogP contribution in [0.25, 0.3) is 0 Å². The molecule has 25 heavy (non-hydrogen) atoms. The molecule has 4 bridgehead atoms. The summed E-state index contributed by atoms with van der Waals surface area (Å²) in [4.78, 5) is 12.3. The van der Waals surface area contributed by atoms with Gasteiger partial charge < -0.3 is 15.2 Å². The number of aliphatic hydroxyl groups is 1. The Labute approximate surface area is 148 Å². The number of carbonyl (C=O) groups is 1. The van der Waals surface area contributed by atoms with Crippen LogP contribution in [0.4, 0.5) is 0 Å². The second-order valence-corrected chi connectivity index (χ2v) is 8.25. The zero-order valence-corrected chi connectivity index (χ0v) is 14.8. The number of nitrogens with zero attached hydrogens (tertiary/aromatic N) is 2. The first-order chi connectivity index (χ1) is 12.0. The van der Waals surface area contributed by atoms with Crippen LogP contribution in [0.5, 0.6) is 5.88 Å². The van der Waals surface area contributed by atoms with E-state index in [-0.39, 0.29) is 11.9 Å². The molecule has 0 spiro atoms. The molecule has 2 unspecified atom stereocenters. The van der Waals surface area contributed by atoms with Crippen molar-refractivity contribution in [3.8, 4) is 5.88 Å². The maximum Gasteiger partial charge on any atom is 0.233 e. The Balaban J connectivity index is 1.21. The van der Waals surface area contributed by atoms with Gasteiger partial charge in [-0.3, -0.25) is 4.79 Å². The van der Waals surface area contributed by atoms with Crippen LogP contribution in [0, 0.1) is 24.7 Å². The topological polar surface area (TPSA) is 84.3 Å². The number of aryl methyl sites for hydroxylation is 1. The van der Waals surface area contributed by atoms with Gasteiger partial charge in [-0.25, -0.2) is 0 Å². The van der Waals surface area contributed by atoms with E-state index in [4.69, 9.17) is 4.74 Å². The zero-order chi connectivity index (χ0) is 17.4. The van der Waals surface area contributed by atoms with E-state index in [0.717, 1.165) is 25.0 Å². The maximum atomic E-state index is 12.3. The lowest BCUT2D eigenvalue weighted by Crippen LogP contribution is -2.61. The Kier molecular flexibility index (Phi) is 4.40. The SMILES string of the molecule is Cc1ccc(OCCCC(=O)NC2C3CC4CC2CC(O)(C4)C3)nn1. The van der Waals surface area contributed by atoms with Gasteiger partial charge in [0.1, 0.15) is 0 Å². The number of aromatic nitrogens is 2. The molecule has 1 aromatic heterocycles. The minimum absolute atomic E-state index is 0.100. The van der Waals surface area contributed by atoms with Crippen molar-refractivity contribution in [1.29, 1.82) is 0 Å². The van der Waals surface area contributed by atoms with E-state index in [2.05, 4.69) is 15.5 Å². The highest BCUT2D eigenvalue weighted by Gasteiger charge is 2.54. The fraction of sp³-hybridized carbons (Fsp3) is 0.737. The largest absolute Gasteiger partial charge is 0.477 e. The van der Waals surface area contributed by atoms with Gasteiger partial charge in [0, 0.05) is 18.5 Å². The van der Waals surface area contributed by atoms with Crippen LogP contribution in [0.2, 0.25) is 0 Å². The van der Waals surface area contributed by atoms with Gasteiger partial charge in [0.05, 0.1) is 17.9 Å². The predicted molar refractivity (Wildman–Crippen MR) is 91.9 cm³/mol. The van der Waals surface area contributed by atoms with Crippen LogP contribution >= 0.6 is 0 Å². The molecule has 2 atom stereocenters. The summed E-state index contributed by atoms with van der Waals surface area (Å²) < 4.78 is 5.52. The van der Waals surface area contributed by atoms with E-state index in [1.807, 2.05) is 13.0 Å². The van der Waals surface area contributed by atoms with Gasteiger partial charge in [0.2, 0.25) is 11.8 Å². The lowest BCUT2D eigenvalue weighted by molar-refractivity contribution is -0.146. The first-order valence-electron chi connectivity index (χ1n) is 9.46. The van der Waals surface area contributed by atoms with Crippen molar-refractivity contribution in [3.05, 3.63) is 17.8 Å². The quantitative estimate of drug-likeness (QED) is 0.771. The van der Waals surface area contributed by atoms with E-state index in [1.54, 1.807) is 6.07 Å². The molecule has 1 aromatic rings. The molecular formula is C19H27N3O3. The fourth-order valence-corrected chi connectivity index (χ4v) is 5.35. The molecule has 4 fully saturated rings. The third kappa shape index (κ3) is 3.64. The van der Waals surface area contributed by atoms with Crippen molar-refractivity contribution < 1.29 is 14.6 Å². The van der Waals surface area contributed by atoms with Crippen LogP contribution in [0.15, 0.2) is 12.1 Å². The monoisotopic (exact) mass is 345 g/mol. The Morgan fingerprint density at radius 2 is 2.04 bits per heavy atom. The third-order valence-electron chi connectivity index (χ3n) is 6.14. The summed E-state index contributed by atoms with van der Waals surface area (Å²) in [7, 11) is 0. The van der Waals surface area contributed by atoms with Crippen molar-refractivity contribution in [3.63, 3.8) is 0 Å². The lowest BCUT2D eigenvalue weighted by Gasteiger charge is -2.58. The van der Waals surface area contributed by atoms with Crippen LogP contribution < -0.4 is 10.1 Å². The number of carbonyl (C=O) groups excluding carboxylic acids is 1. The number of hydrogen-bond acceptors (Lipinski definition) is 5. The average Bonchev–Trinajstić information content (AvgIpc) is 2.55. The smallest absolute Gasteiger partial charge is 0.233 e. The van der Waals surface area contributed by atoms with Crippen molar-refractivity contribution in [2.45, 2.75) is 63.5 Å². The molecule has 0 saturated heterocycles. The second-order valence-electron chi connectivity index (χ2n) is 8.25. The molecular weight excluding hydrogens is 318 g/mol. The molecule has 6 heteroatoms. The molecule has 4 saturated carbocycles. The number of ether oxygens (including phenoxy) is 1. The molecule has 1 amide bonds. The number of rotatable bonds is 6. The van der Waals surface area contributed by atoms with E-state index in [1.165, 1.54) is 12.8 Å². The highest BCUT2D eigenvalue weighted by Crippen LogP contribution is 2.55. The molecule has 2 N–H and O–H groups in total. The van der Waals surface area contributed by atoms with Crippen LogP contribution in [0.3, 0.4) is 0 Å². The van der Waals surface area contributed by atoms with Crippen molar-refractivity contribution in [2.75, 3.05) is 6.61 Å². The Morgan fingerprint density at radius 1 is 1.28 bits per heavy atom. The van der Waals surface area contributed by atoms with Gasteiger partial charge in [-0.05, 0) is 69.3 Å². The molecule has 4 aliphatic carbocycles. The molecule has 6 nitrogen and oxygen atoms in total. The standard InChI is InChI=1S/C19H27N3O3/c1-12-4-5-17(22-21-12)25-6-2-3-16(23)20-18-14-7-13-8-15(18)11-19(24,9-13)10-14/h4-5,13-15,18,24H,2-3,6-11H2,1H3,(H,20,23). The van der Waals surface area contributed by atoms with Crippen LogP contribution in [-0.2, 0) is 4.79 Å². The molecule has 4 aliphatic rings. The van der Waals surface area contributed by atoms with Gasteiger partial charge in [-0.15, -0.1) is 5.10 Å². The van der Waals surface area contributed by atoms with E-state index in [0.29, 0.717) is 43.1 Å². The van der Waals surface area contributed by atoms with E-state index >= 15 is 0 Å². The molecule has 1 heterocycles. The van der Waals surface area contributed by atoms with Gasteiger partial charge in [0.25, 0.3) is 0 Å². The second kappa shape index (κ2) is 6.56. The normalized spacial score (nSPS) is 35.6. The Hall–Kier alpha value is -1.69. The first kappa shape index (κ1) is 16.8. The molecule has 0 aliphatic heterocycles. The number of nitrogens with one attached hydrogen (secondary N) is 1. The van der Waals surface area contributed by atoms with E-state index in [9.17, 15) is 9.90 Å².